The van der Waals surface area contributed by atoms with Crippen molar-refractivity contribution in [3.05, 3.63) is 60.2 Å². The maximum atomic E-state index is 10.4. The van der Waals surface area contributed by atoms with E-state index in [0.29, 0.717) is 0 Å². The maximum absolute atomic E-state index is 10.4. The Morgan fingerprint density at radius 1 is 1.27 bits per heavy atom. The molecule has 1 amide bonds. The van der Waals surface area contributed by atoms with Crippen molar-refractivity contribution in [2.24, 2.45) is 5.73 Å². The standard InChI is InChI=1S/C12H13NO2/c13-12(15)9-5-4-8-11(14)10-6-2-1-3-7-10/h1-9,11,14H,(H2,13,15)/b8-4+,9-5+. The lowest BCUT2D eigenvalue weighted by atomic mass is 10.1. The third kappa shape index (κ3) is 4.24. The van der Waals surface area contributed by atoms with E-state index in [9.17, 15) is 9.90 Å². The molecule has 3 heteroatoms. The van der Waals surface area contributed by atoms with Crippen molar-refractivity contribution in [1.29, 1.82) is 0 Å². The molecule has 1 aromatic carbocycles. The molecule has 0 fully saturated rings. The normalized spacial score (nSPS) is 13.4. The van der Waals surface area contributed by atoms with Gasteiger partial charge in [-0.3, -0.25) is 4.79 Å². The van der Waals surface area contributed by atoms with Gasteiger partial charge in [0.25, 0.3) is 0 Å². The zero-order chi connectivity index (χ0) is 11.1. The summed E-state index contributed by atoms with van der Waals surface area (Å²) in [6.07, 6.45) is 5.23. The van der Waals surface area contributed by atoms with E-state index in [2.05, 4.69) is 0 Å². The predicted molar refractivity (Wildman–Crippen MR) is 58.9 cm³/mol. The van der Waals surface area contributed by atoms with Gasteiger partial charge in [0.1, 0.15) is 0 Å². The predicted octanol–water partition coefficient (Wildman–Crippen LogP) is 1.32. The number of benzene rings is 1. The molecule has 0 aromatic heterocycles. The van der Waals surface area contributed by atoms with Crippen LogP contribution in [-0.4, -0.2) is 11.0 Å². The van der Waals surface area contributed by atoms with E-state index in [4.69, 9.17) is 5.73 Å². The Labute approximate surface area is 88.5 Å². The van der Waals surface area contributed by atoms with E-state index in [1.807, 2.05) is 30.3 Å². The SMILES string of the molecule is NC(=O)/C=C/C=C/C(O)c1ccccc1. The molecule has 1 atom stereocenters. The third-order valence-corrected chi connectivity index (χ3v) is 1.81. The molecule has 15 heavy (non-hydrogen) atoms. The van der Waals surface area contributed by atoms with Crippen molar-refractivity contribution in [3.8, 4) is 0 Å². The molecule has 0 aliphatic rings. The van der Waals surface area contributed by atoms with E-state index < -0.39 is 12.0 Å². The maximum Gasteiger partial charge on any atom is 0.241 e. The van der Waals surface area contributed by atoms with E-state index in [0.717, 1.165) is 5.56 Å². The van der Waals surface area contributed by atoms with Gasteiger partial charge in [0, 0.05) is 6.08 Å². The molecule has 1 rings (SSSR count). The van der Waals surface area contributed by atoms with Gasteiger partial charge in [-0.1, -0.05) is 48.6 Å². The van der Waals surface area contributed by atoms with Gasteiger partial charge in [-0.15, -0.1) is 0 Å². The highest BCUT2D eigenvalue weighted by molar-refractivity contribution is 5.85. The molecule has 3 nitrogen and oxygen atoms in total. The molecule has 78 valence electrons. The Bertz CT molecular complexity index is 368. The van der Waals surface area contributed by atoms with Crippen LogP contribution in [0.25, 0.3) is 0 Å². The summed E-state index contributed by atoms with van der Waals surface area (Å²) in [7, 11) is 0. The van der Waals surface area contributed by atoms with Gasteiger partial charge in [-0.2, -0.15) is 0 Å². The summed E-state index contributed by atoms with van der Waals surface area (Å²) in [6, 6.07) is 9.24. The highest BCUT2D eigenvalue weighted by Crippen LogP contribution is 2.12. The first kappa shape index (κ1) is 11.2. The van der Waals surface area contributed by atoms with Gasteiger partial charge in [-0.05, 0) is 5.56 Å². The van der Waals surface area contributed by atoms with E-state index >= 15 is 0 Å². The highest BCUT2D eigenvalue weighted by Gasteiger charge is 1.99. The number of rotatable bonds is 4. The fourth-order valence-corrected chi connectivity index (χ4v) is 1.08. The monoisotopic (exact) mass is 203 g/mol. The largest absolute Gasteiger partial charge is 0.384 e. The first-order valence-electron chi connectivity index (χ1n) is 4.57. The van der Waals surface area contributed by atoms with Crippen molar-refractivity contribution in [3.63, 3.8) is 0 Å². The molecule has 1 unspecified atom stereocenters. The topological polar surface area (TPSA) is 63.3 Å². The van der Waals surface area contributed by atoms with Crippen LogP contribution in [0.1, 0.15) is 11.7 Å². The number of amides is 1. The number of carbonyl (C=O) groups is 1. The Morgan fingerprint density at radius 3 is 2.53 bits per heavy atom. The van der Waals surface area contributed by atoms with Gasteiger partial charge in [0.05, 0.1) is 6.10 Å². The van der Waals surface area contributed by atoms with E-state index in [1.54, 1.807) is 12.2 Å². The van der Waals surface area contributed by atoms with Crippen molar-refractivity contribution in [2.75, 3.05) is 0 Å². The lowest BCUT2D eigenvalue weighted by Crippen LogP contribution is -2.04. The zero-order valence-electron chi connectivity index (χ0n) is 8.21. The van der Waals surface area contributed by atoms with Crippen LogP contribution in [0.5, 0.6) is 0 Å². The van der Waals surface area contributed by atoms with Crippen LogP contribution in [-0.2, 0) is 4.79 Å². The number of allylic oxidation sites excluding steroid dienone is 2. The van der Waals surface area contributed by atoms with Crippen LogP contribution >= 0.6 is 0 Å². The molecule has 0 spiro atoms. The highest BCUT2D eigenvalue weighted by atomic mass is 16.3. The quantitative estimate of drug-likeness (QED) is 0.572. The van der Waals surface area contributed by atoms with Gasteiger partial charge in [-0.25, -0.2) is 0 Å². The van der Waals surface area contributed by atoms with E-state index in [-0.39, 0.29) is 0 Å². The second kappa shape index (κ2) is 5.78. The number of nitrogens with two attached hydrogens (primary N) is 1. The van der Waals surface area contributed by atoms with Crippen LogP contribution in [0.15, 0.2) is 54.6 Å². The lowest BCUT2D eigenvalue weighted by molar-refractivity contribution is -0.113. The van der Waals surface area contributed by atoms with Crippen molar-refractivity contribution < 1.29 is 9.90 Å². The summed E-state index contributed by atoms with van der Waals surface area (Å²) < 4.78 is 0. The Kier molecular flexibility index (Phi) is 4.31. The molecule has 0 bridgehead atoms. The van der Waals surface area contributed by atoms with Crippen LogP contribution < -0.4 is 5.73 Å². The Morgan fingerprint density at radius 2 is 1.93 bits per heavy atom. The molecule has 0 heterocycles. The summed E-state index contributed by atoms with van der Waals surface area (Å²) in [5.74, 6) is -0.506. The summed E-state index contributed by atoms with van der Waals surface area (Å²) in [5.41, 5.74) is 5.71. The number of aliphatic hydroxyl groups excluding tert-OH is 1. The molecular weight excluding hydrogens is 190 g/mol. The van der Waals surface area contributed by atoms with Crippen molar-refractivity contribution >= 4 is 5.91 Å². The Hall–Kier alpha value is -1.87. The molecule has 0 aliphatic carbocycles. The molecule has 3 N–H and O–H groups in total. The van der Waals surface area contributed by atoms with Gasteiger partial charge in [0.2, 0.25) is 5.91 Å². The number of hydrogen-bond donors (Lipinski definition) is 2. The summed E-state index contributed by atoms with van der Waals surface area (Å²) in [4.78, 5) is 10.4. The zero-order valence-corrected chi connectivity index (χ0v) is 8.21. The number of hydrogen-bond acceptors (Lipinski definition) is 2. The van der Waals surface area contributed by atoms with Crippen LogP contribution in [0.4, 0.5) is 0 Å². The second-order valence-electron chi connectivity index (χ2n) is 3.00. The molecule has 0 saturated carbocycles. The van der Waals surface area contributed by atoms with Crippen LogP contribution in [0, 0.1) is 0 Å². The molecule has 1 aromatic rings. The van der Waals surface area contributed by atoms with E-state index in [1.165, 1.54) is 12.2 Å². The molecule has 0 radical (unpaired) electrons. The van der Waals surface area contributed by atoms with Gasteiger partial charge in [0.15, 0.2) is 0 Å². The Balaban J connectivity index is 2.56. The third-order valence-electron chi connectivity index (χ3n) is 1.81. The minimum absolute atomic E-state index is 0.506. The smallest absolute Gasteiger partial charge is 0.241 e. The minimum Gasteiger partial charge on any atom is -0.384 e. The fraction of sp³-hybridized carbons (Fsp3) is 0.0833. The first-order valence-corrected chi connectivity index (χ1v) is 4.57. The van der Waals surface area contributed by atoms with Crippen LogP contribution in [0.3, 0.4) is 0 Å². The van der Waals surface area contributed by atoms with Crippen molar-refractivity contribution in [1.82, 2.24) is 0 Å². The second-order valence-corrected chi connectivity index (χ2v) is 3.00. The summed E-state index contributed by atoms with van der Waals surface area (Å²) >= 11 is 0. The first-order chi connectivity index (χ1) is 7.20. The average Bonchev–Trinajstić information content (AvgIpc) is 2.25. The number of primary amides is 1. The fourth-order valence-electron chi connectivity index (χ4n) is 1.08. The molecule has 0 saturated heterocycles. The van der Waals surface area contributed by atoms with Crippen LogP contribution in [0.2, 0.25) is 0 Å². The summed E-state index contributed by atoms with van der Waals surface area (Å²) in [5, 5.41) is 9.65. The molecule has 0 aliphatic heterocycles. The minimum atomic E-state index is -0.663. The number of carbonyl (C=O) groups excluding carboxylic acids is 1. The summed E-state index contributed by atoms with van der Waals surface area (Å²) in [6.45, 7) is 0. The van der Waals surface area contributed by atoms with Crippen molar-refractivity contribution in [2.45, 2.75) is 6.10 Å². The van der Waals surface area contributed by atoms with Gasteiger partial charge >= 0.3 is 0 Å². The van der Waals surface area contributed by atoms with Gasteiger partial charge < -0.3 is 10.8 Å². The average molecular weight is 203 g/mol. The number of aliphatic hydroxyl groups is 1. The lowest BCUT2D eigenvalue weighted by Gasteiger charge is -2.03. The molecular formula is C12H13NO2.